The quantitative estimate of drug-likeness (QED) is 0.661. The highest BCUT2D eigenvalue weighted by atomic mass is 16.5. The zero-order chi connectivity index (χ0) is 17.3. The lowest BCUT2D eigenvalue weighted by Crippen LogP contribution is -2.20. The molecule has 0 bridgehead atoms. The third-order valence-electron chi connectivity index (χ3n) is 3.85. The second kappa shape index (κ2) is 6.16. The van der Waals surface area contributed by atoms with Crippen molar-refractivity contribution in [3.05, 3.63) is 64.2 Å². The number of fused-ring (bicyclic) bond motifs is 1. The normalized spacial score (nSPS) is 12.7. The summed E-state index contributed by atoms with van der Waals surface area (Å²) in [6.45, 7) is 1.82. The number of aryl methyl sites for hydroxylation is 1. The lowest BCUT2D eigenvalue weighted by molar-refractivity contribution is -0.144. The Hall–Kier alpha value is -3.15. The Labute approximate surface area is 138 Å². The summed E-state index contributed by atoms with van der Waals surface area (Å²) in [6, 6.07) is 9.74. The van der Waals surface area contributed by atoms with Crippen LogP contribution in [-0.2, 0) is 22.6 Å². The molecule has 1 aliphatic heterocycles. The first kappa shape index (κ1) is 15.7. The molecule has 0 saturated heterocycles. The first-order valence-electron chi connectivity index (χ1n) is 7.37. The number of benzene rings is 2. The molecule has 2 aromatic carbocycles. The molecule has 0 aliphatic carbocycles. The van der Waals surface area contributed by atoms with Gasteiger partial charge in [-0.25, -0.2) is 0 Å². The van der Waals surface area contributed by atoms with Gasteiger partial charge in [-0.2, -0.15) is 0 Å². The minimum absolute atomic E-state index is 0.0695. The van der Waals surface area contributed by atoms with E-state index in [1.807, 2.05) is 0 Å². The van der Waals surface area contributed by atoms with Gasteiger partial charge < -0.3 is 9.84 Å². The number of carbonyl (C=O) groups is 3. The fraction of sp³-hybridized carbons (Fsp3) is 0.167. The maximum absolute atomic E-state index is 12.0. The Balaban J connectivity index is 1.69. The molecule has 0 fully saturated rings. The number of hydrogen-bond acceptors (Lipinski definition) is 5. The molecule has 2 aromatic rings. The predicted octanol–water partition coefficient (Wildman–Crippen LogP) is 1.87. The third-order valence-corrected chi connectivity index (χ3v) is 3.85. The summed E-state index contributed by atoms with van der Waals surface area (Å²) in [6.07, 6.45) is -0.0963. The summed E-state index contributed by atoms with van der Waals surface area (Å²) >= 11 is 0. The van der Waals surface area contributed by atoms with Crippen molar-refractivity contribution in [2.45, 2.75) is 20.0 Å². The van der Waals surface area contributed by atoms with E-state index in [4.69, 9.17) is 4.74 Å². The van der Waals surface area contributed by atoms with Gasteiger partial charge in [0.1, 0.15) is 12.4 Å². The first-order valence-corrected chi connectivity index (χ1v) is 7.37. The number of rotatable bonds is 4. The Bertz CT molecular complexity index is 856. The topological polar surface area (TPSA) is 92.7 Å². The molecular formula is C18H15NO5. The zero-order valence-electron chi connectivity index (χ0n) is 13.0. The fourth-order valence-corrected chi connectivity index (χ4v) is 2.62. The average molecular weight is 325 g/mol. The van der Waals surface area contributed by atoms with E-state index in [9.17, 15) is 19.5 Å². The molecule has 0 atom stereocenters. The van der Waals surface area contributed by atoms with Gasteiger partial charge in [0.15, 0.2) is 0 Å². The number of carbonyl (C=O) groups excluding carboxylic acids is 3. The van der Waals surface area contributed by atoms with Crippen LogP contribution in [0.25, 0.3) is 0 Å². The Morgan fingerprint density at radius 2 is 1.96 bits per heavy atom. The lowest BCUT2D eigenvalue weighted by Gasteiger charge is -2.08. The second-order valence-corrected chi connectivity index (χ2v) is 5.58. The minimum Gasteiger partial charge on any atom is -0.508 e. The van der Waals surface area contributed by atoms with Crippen molar-refractivity contribution in [1.29, 1.82) is 0 Å². The number of esters is 1. The van der Waals surface area contributed by atoms with Crippen molar-refractivity contribution in [2.75, 3.05) is 0 Å². The van der Waals surface area contributed by atoms with Crippen molar-refractivity contribution >= 4 is 17.8 Å². The van der Waals surface area contributed by atoms with Crippen LogP contribution in [0.2, 0.25) is 0 Å². The van der Waals surface area contributed by atoms with Crippen molar-refractivity contribution in [1.82, 2.24) is 5.32 Å². The molecule has 0 unspecified atom stereocenters. The SMILES string of the molecule is Cc1cc(COC(=O)Cc2cccc3c2C(=O)NC3=O)ccc1O. The van der Waals surface area contributed by atoms with Crippen molar-refractivity contribution < 1.29 is 24.2 Å². The zero-order valence-corrected chi connectivity index (χ0v) is 13.0. The first-order chi connectivity index (χ1) is 11.5. The maximum Gasteiger partial charge on any atom is 0.310 e. The van der Waals surface area contributed by atoms with E-state index in [1.165, 1.54) is 0 Å². The molecule has 0 radical (unpaired) electrons. The molecule has 6 heteroatoms. The van der Waals surface area contributed by atoms with Gasteiger partial charge in [-0.05, 0) is 41.8 Å². The summed E-state index contributed by atoms with van der Waals surface area (Å²) in [7, 11) is 0. The number of nitrogens with one attached hydrogen (secondary N) is 1. The molecule has 3 rings (SSSR count). The average Bonchev–Trinajstić information content (AvgIpc) is 2.84. The van der Waals surface area contributed by atoms with E-state index in [0.29, 0.717) is 11.1 Å². The number of imide groups is 1. The Kier molecular flexibility index (Phi) is 4.04. The van der Waals surface area contributed by atoms with Crippen LogP contribution < -0.4 is 5.32 Å². The third kappa shape index (κ3) is 2.99. The van der Waals surface area contributed by atoms with Crippen molar-refractivity contribution in [3.63, 3.8) is 0 Å². The van der Waals surface area contributed by atoms with Crippen molar-refractivity contribution in [2.24, 2.45) is 0 Å². The second-order valence-electron chi connectivity index (χ2n) is 5.58. The summed E-state index contributed by atoms with van der Waals surface area (Å²) in [4.78, 5) is 35.5. The van der Waals surface area contributed by atoms with E-state index < -0.39 is 17.8 Å². The van der Waals surface area contributed by atoms with Crippen LogP contribution in [0.15, 0.2) is 36.4 Å². The minimum atomic E-state index is -0.499. The molecule has 24 heavy (non-hydrogen) atoms. The van der Waals surface area contributed by atoms with Crippen LogP contribution in [-0.4, -0.2) is 22.9 Å². The van der Waals surface area contributed by atoms with Crippen molar-refractivity contribution in [3.8, 4) is 5.75 Å². The smallest absolute Gasteiger partial charge is 0.310 e. The van der Waals surface area contributed by atoms with Crippen LogP contribution >= 0.6 is 0 Å². The largest absolute Gasteiger partial charge is 0.508 e. The number of phenols is 1. The molecule has 0 aromatic heterocycles. The maximum atomic E-state index is 12.0. The summed E-state index contributed by atoms with van der Waals surface area (Å²) in [5.74, 6) is -1.26. The van der Waals surface area contributed by atoms with Gasteiger partial charge in [-0.3, -0.25) is 19.7 Å². The van der Waals surface area contributed by atoms with Gasteiger partial charge >= 0.3 is 5.97 Å². The van der Waals surface area contributed by atoms with Gasteiger partial charge in [0.25, 0.3) is 11.8 Å². The number of hydrogen-bond donors (Lipinski definition) is 2. The van der Waals surface area contributed by atoms with Gasteiger partial charge in [0, 0.05) is 0 Å². The fourth-order valence-electron chi connectivity index (χ4n) is 2.62. The molecule has 0 saturated carbocycles. The number of aromatic hydroxyl groups is 1. The van der Waals surface area contributed by atoms with Crippen LogP contribution in [0.1, 0.15) is 37.4 Å². The molecular weight excluding hydrogens is 310 g/mol. The summed E-state index contributed by atoms with van der Waals surface area (Å²) in [5, 5.41) is 11.7. The number of phenolic OH excluding ortho intramolecular Hbond substituents is 1. The monoisotopic (exact) mass is 325 g/mol. The highest BCUT2D eigenvalue weighted by Crippen LogP contribution is 2.21. The van der Waals surface area contributed by atoms with E-state index in [-0.39, 0.29) is 29.9 Å². The molecule has 2 amide bonds. The molecule has 6 nitrogen and oxygen atoms in total. The molecule has 1 heterocycles. The molecule has 2 N–H and O–H groups in total. The Morgan fingerprint density at radius 3 is 2.71 bits per heavy atom. The summed E-state index contributed by atoms with van der Waals surface area (Å²) in [5.41, 5.74) is 2.42. The highest BCUT2D eigenvalue weighted by molar-refractivity contribution is 6.22. The highest BCUT2D eigenvalue weighted by Gasteiger charge is 2.29. The van der Waals surface area contributed by atoms with Crippen LogP contribution in [0.5, 0.6) is 5.75 Å². The summed E-state index contributed by atoms with van der Waals surface area (Å²) < 4.78 is 5.21. The van der Waals surface area contributed by atoms with Gasteiger partial charge in [0.05, 0.1) is 17.5 Å². The van der Waals surface area contributed by atoms with Crippen LogP contribution in [0.4, 0.5) is 0 Å². The van der Waals surface area contributed by atoms with E-state index in [1.54, 1.807) is 43.3 Å². The van der Waals surface area contributed by atoms with Crippen LogP contribution in [0.3, 0.4) is 0 Å². The van der Waals surface area contributed by atoms with E-state index in [0.717, 1.165) is 5.56 Å². The van der Waals surface area contributed by atoms with Gasteiger partial charge in [-0.15, -0.1) is 0 Å². The Morgan fingerprint density at radius 1 is 1.17 bits per heavy atom. The number of ether oxygens (including phenoxy) is 1. The molecule has 1 aliphatic rings. The van der Waals surface area contributed by atoms with E-state index in [2.05, 4.69) is 5.32 Å². The standard InChI is InChI=1S/C18H15NO5/c1-10-7-11(5-6-14(10)20)9-24-15(21)8-12-3-2-4-13-16(12)18(23)19-17(13)22/h2-7,20H,8-9H2,1H3,(H,19,22,23). The van der Waals surface area contributed by atoms with E-state index >= 15 is 0 Å². The van der Waals surface area contributed by atoms with Gasteiger partial charge in [0.2, 0.25) is 0 Å². The molecule has 122 valence electrons. The molecule has 0 spiro atoms. The number of amides is 2. The van der Waals surface area contributed by atoms with Crippen LogP contribution in [0, 0.1) is 6.92 Å². The van der Waals surface area contributed by atoms with Gasteiger partial charge in [-0.1, -0.05) is 18.2 Å². The predicted molar refractivity (Wildman–Crippen MR) is 84.6 cm³/mol. The lowest BCUT2D eigenvalue weighted by atomic mass is 10.0.